The molecule has 0 atom stereocenters. The molecular formula is C20H24FNO4. The van der Waals surface area contributed by atoms with Crippen molar-refractivity contribution in [1.82, 2.24) is 4.90 Å². The second kappa shape index (κ2) is 7.72. The van der Waals surface area contributed by atoms with Crippen molar-refractivity contribution in [2.75, 3.05) is 0 Å². The number of benzene rings is 1. The van der Waals surface area contributed by atoms with Gasteiger partial charge in [-0.1, -0.05) is 26.0 Å². The second-order valence-corrected chi connectivity index (χ2v) is 6.49. The van der Waals surface area contributed by atoms with E-state index in [1.807, 2.05) is 32.6 Å². The molecule has 1 aromatic rings. The lowest BCUT2D eigenvalue weighted by atomic mass is 9.78. The highest BCUT2D eigenvalue weighted by Gasteiger charge is 2.41. The van der Waals surface area contributed by atoms with Crippen molar-refractivity contribution < 1.29 is 24.2 Å². The molecule has 2 rings (SSSR count). The van der Waals surface area contributed by atoms with Gasteiger partial charge in [0.25, 0.3) is 0 Å². The van der Waals surface area contributed by atoms with Crippen LogP contribution in [0, 0.1) is 5.82 Å². The fourth-order valence-corrected chi connectivity index (χ4v) is 3.76. The largest absolute Gasteiger partial charge is 0.478 e. The average molecular weight is 361 g/mol. The molecule has 0 fully saturated rings. The van der Waals surface area contributed by atoms with Crippen molar-refractivity contribution >= 4 is 11.9 Å². The summed E-state index contributed by atoms with van der Waals surface area (Å²) in [5.41, 5.74) is 1.48. The lowest BCUT2D eigenvalue weighted by Crippen LogP contribution is -2.39. The molecule has 0 aliphatic carbocycles. The molecule has 1 aliphatic heterocycles. The Labute approximate surface area is 152 Å². The maximum Gasteiger partial charge on any atom is 0.334 e. The fraction of sp³-hybridized carbons (Fsp3) is 0.400. The Morgan fingerprint density at radius 1 is 1.08 bits per heavy atom. The number of carboxylic acids is 2. The van der Waals surface area contributed by atoms with Crippen molar-refractivity contribution in [3.8, 4) is 0 Å². The van der Waals surface area contributed by atoms with Crippen LogP contribution in [0.1, 0.15) is 52.0 Å². The van der Waals surface area contributed by atoms with Gasteiger partial charge in [-0.3, -0.25) is 0 Å². The minimum Gasteiger partial charge on any atom is -0.478 e. The van der Waals surface area contributed by atoms with Crippen LogP contribution >= 0.6 is 0 Å². The lowest BCUT2D eigenvalue weighted by Gasteiger charge is -2.41. The van der Waals surface area contributed by atoms with Gasteiger partial charge in [-0.05, 0) is 44.4 Å². The van der Waals surface area contributed by atoms with Crippen LogP contribution in [0.4, 0.5) is 4.39 Å². The van der Waals surface area contributed by atoms with Gasteiger partial charge in [0.15, 0.2) is 0 Å². The first-order chi connectivity index (χ1) is 12.2. The molecule has 0 radical (unpaired) electrons. The number of allylic oxidation sites excluding steroid dienone is 2. The summed E-state index contributed by atoms with van der Waals surface area (Å²) in [5, 5.41) is 19.8. The van der Waals surface area contributed by atoms with E-state index in [9.17, 15) is 24.2 Å². The lowest BCUT2D eigenvalue weighted by molar-refractivity contribution is -0.133. The molecular weight excluding hydrogens is 337 g/mol. The number of aliphatic carboxylic acids is 2. The van der Waals surface area contributed by atoms with E-state index in [2.05, 4.69) is 0 Å². The molecule has 2 N–H and O–H groups in total. The van der Waals surface area contributed by atoms with Crippen molar-refractivity contribution in [1.29, 1.82) is 0 Å². The van der Waals surface area contributed by atoms with Crippen LogP contribution in [-0.4, -0.2) is 33.1 Å². The molecule has 0 spiro atoms. The molecule has 0 unspecified atom stereocenters. The van der Waals surface area contributed by atoms with Crippen molar-refractivity contribution in [2.24, 2.45) is 0 Å². The molecule has 1 aromatic carbocycles. The number of hydrogen-bond acceptors (Lipinski definition) is 3. The third-order valence-corrected chi connectivity index (χ3v) is 4.61. The number of nitrogens with zero attached hydrogens (tertiary/aromatic N) is 1. The number of carbonyl (C=O) groups is 2. The summed E-state index contributed by atoms with van der Waals surface area (Å²) in [5.74, 6) is -3.91. The smallest absolute Gasteiger partial charge is 0.334 e. The van der Waals surface area contributed by atoms with Gasteiger partial charge in [0.2, 0.25) is 0 Å². The molecule has 1 aliphatic rings. The van der Waals surface area contributed by atoms with Gasteiger partial charge in [0.05, 0.1) is 17.1 Å². The van der Waals surface area contributed by atoms with Crippen LogP contribution in [0.15, 0.2) is 46.8 Å². The van der Waals surface area contributed by atoms with E-state index in [1.165, 1.54) is 18.2 Å². The first kappa shape index (κ1) is 19.7. The maximum absolute atomic E-state index is 13.8. The van der Waals surface area contributed by atoms with Gasteiger partial charge >= 0.3 is 11.9 Å². The number of rotatable bonds is 6. The third-order valence-electron chi connectivity index (χ3n) is 4.61. The van der Waals surface area contributed by atoms with Crippen molar-refractivity contribution in [3.63, 3.8) is 0 Å². The predicted octanol–water partition coefficient (Wildman–Crippen LogP) is 4.13. The first-order valence-electron chi connectivity index (χ1n) is 8.71. The van der Waals surface area contributed by atoms with Crippen LogP contribution < -0.4 is 0 Å². The predicted molar refractivity (Wildman–Crippen MR) is 96.0 cm³/mol. The number of carboxylic acid groups (broad SMARTS) is 2. The van der Waals surface area contributed by atoms with Gasteiger partial charge in [-0.15, -0.1) is 0 Å². The van der Waals surface area contributed by atoms with E-state index in [4.69, 9.17) is 0 Å². The van der Waals surface area contributed by atoms with Crippen LogP contribution in [0.5, 0.6) is 0 Å². The van der Waals surface area contributed by atoms with E-state index in [0.29, 0.717) is 29.8 Å². The standard InChI is InChI=1S/C20H24FNO4/c1-5-14-17(19(23)24)16(12-8-7-9-13(21)10-12)18(20(25)26)15(6-2)22(14)11(3)4/h7-11,16H,5-6H2,1-4H3,(H,23,24)(H,25,26). The van der Waals surface area contributed by atoms with Gasteiger partial charge in [-0.25, -0.2) is 14.0 Å². The summed E-state index contributed by atoms with van der Waals surface area (Å²) in [6, 6.07) is 5.41. The van der Waals surface area contributed by atoms with Crippen LogP contribution in [0.3, 0.4) is 0 Å². The molecule has 0 amide bonds. The van der Waals surface area contributed by atoms with Crippen LogP contribution in [0.2, 0.25) is 0 Å². The Morgan fingerprint density at radius 3 is 1.92 bits per heavy atom. The second-order valence-electron chi connectivity index (χ2n) is 6.49. The molecule has 0 saturated carbocycles. The summed E-state index contributed by atoms with van der Waals surface area (Å²) in [6.07, 6.45) is 0.865. The minimum absolute atomic E-state index is 0.00130. The Balaban J connectivity index is 2.90. The summed E-state index contributed by atoms with van der Waals surface area (Å²) in [6.45, 7) is 7.48. The first-order valence-corrected chi connectivity index (χ1v) is 8.71. The van der Waals surface area contributed by atoms with Crippen LogP contribution in [-0.2, 0) is 9.59 Å². The Bertz CT molecular complexity index is 755. The summed E-state index contributed by atoms with van der Waals surface area (Å²) >= 11 is 0. The van der Waals surface area contributed by atoms with E-state index in [0.717, 1.165) is 0 Å². The highest BCUT2D eigenvalue weighted by atomic mass is 19.1. The van der Waals surface area contributed by atoms with Gasteiger partial charge in [-0.2, -0.15) is 0 Å². The normalized spacial score (nSPS) is 15.8. The zero-order valence-corrected chi connectivity index (χ0v) is 15.4. The SMILES string of the molecule is CCC1=C(C(=O)O)C(c2cccc(F)c2)C(C(=O)O)=C(CC)N1C(C)C. The quantitative estimate of drug-likeness (QED) is 0.796. The molecule has 1 heterocycles. The fourth-order valence-electron chi connectivity index (χ4n) is 3.76. The van der Waals surface area contributed by atoms with E-state index >= 15 is 0 Å². The monoisotopic (exact) mass is 361 g/mol. The summed E-state index contributed by atoms with van der Waals surface area (Å²) < 4.78 is 13.8. The summed E-state index contributed by atoms with van der Waals surface area (Å²) in [7, 11) is 0. The highest BCUT2D eigenvalue weighted by Crippen LogP contribution is 2.44. The Morgan fingerprint density at radius 2 is 1.58 bits per heavy atom. The topological polar surface area (TPSA) is 77.8 Å². The molecule has 6 heteroatoms. The van der Waals surface area contributed by atoms with E-state index in [1.54, 1.807) is 6.07 Å². The summed E-state index contributed by atoms with van der Waals surface area (Å²) in [4.78, 5) is 26.1. The average Bonchev–Trinajstić information content (AvgIpc) is 2.58. The van der Waals surface area contributed by atoms with Gasteiger partial charge in [0.1, 0.15) is 5.82 Å². The molecule has 0 saturated heterocycles. The van der Waals surface area contributed by atoms with Crippen molar-refractivity contribution in [2.45, 2.75) is 52.5 Å². The molecule has 26 heavy (non-hydrogen) atoms. The number of halogens is 1. The molecule has 0 bridgehead atoms. The molecule has 140 valence electrons. The van der Waals surface area contributed by atoms with Gasteiger partial charge in [0, 0.05) is 17.4 Å². The van der Waals surface area contributed by atoms with E-state index in [-0.39, 0.29) is 17.2 Å². The van der Waals surface area contributed by atoms with Gasteiger partial charge < -0.3 is 15.1 Å². The Kier molecular flexibility index (Phi) is 5.85. The highest BCUT2D eigenvalue weighted by molar-refractivity contribution is 5.98. The van der Waals surface area contributed by atoms with Crippen LogP contribution in [0.25, 0.3) is 0 Å². The van der Waals surface area contributed by atoms with Crippen molar-refractivity contribution in [3.05, 3.63) is 58.2 Å². The zero-order valence-electron chi connectivity index (χ0n) is 15.4. The number of hydrogen-bond donors (Lipinski definition) is 2. The molecule has 5 nitrogen and oxygen atoms in total. The third kappa shape index (κ3) is 3.36. The Hall–Kier alpha value is -2.63. The molecule has 0 aromatic heterocycles. The van der Waals surface area contributed by atoms with E-state index < -0.39 is 23.7 Å². The zero-order chi connectivity index (χ0) is 19.6. The minimum atomic E-state index is -1.18. The maximum atomic E-state index is 13.8.